The summed E-state index contributed by atoms with van der Waals surface area (Å²) in [7, 11) is 3.74. The Morgan fingerprint density at radius 3 is 2.49 bits per heavy atom. The van der Waals surface area contributed by atoms with Gasteiger partial charge in [0.2, 0.25) is 0 Å². The molecule has 4 aromatic rings. The first kappa shape index (κ1) is 25.2. The first-order chi connectivity index (χ1) is 17.5. The number of halogens is 4. The second kappa shape index (κ2) is 9.42. The number of amides is 1. The quantitative estimate of drug-likeness (QED) is 0.350. The van der Waals surface area contributed by atoms with E-state index in [2.05, 4.69) is 15.3 Å². The summed E-state index contributed by atoms with van der Waals surface area (Å²) in [5.41, 5.74) is 3.59. The first-order valence-corrected chi connectivity index (χ1v) is 12.2. The predicted octanol–water partition coefficient (Wildman–Crippen LogP) is 5.65. The van der Waals surface area contributed by atoms with Gasteiger partial charge in [0.1, 0.15) is 0 Å². The van der Waals surface area contributed by atoms with Crippen LogP contribution in [-0.4, -0.2) is 43.0 Å². The second-order valence-electron chi connectivity index (χ2n) is 9.32. The van der Waals surface area contributed by atoms with Gasteiger partial charge in [-0.05, 0) is 68.4 Å². The van der Waals surface area contributed by atoms with Crippen molar-refractivity contribution in [3.05, 3.63) is 76.2 Å². The minimum atomic E-state index is -4.52. The van der Waals surface area contributed by atoms with Gasteiger partial charge < -0.3 is 5.32 Å². The molecule has 0 unspecified atom stereocenters. The van der Waals surface area contributed by atoms with Crippen molar-refractivity contribution in [2.75, 3.05) is 18.4 Å². The maximum Gasteiger partial charge on any atom is 0.416 e. The minimum Gasteiger partial charge on any atom is -0.322 e. The van der Waals surface area contributed by atoms with Crippen molar-refractivity contribution in [3.63, 3.8) is 0 Å². The zero-order chi connectivity index (χ0) is 26.5. The molecule has 0 bridgehead atoms. The lowest BCUT2D eigenvalue weighted by atomic mass is 10.1. The standard InChI is InChI=1S/C26H26ClF3N6O/c1-16-21(13-31-33(16)2)24-15-36(34(24)3)23-11-18(5-6-22(23)27)25(37)32-20-10-17(14-35-7-4-8-35)9-19(12-20)26(28,29)30/h5-6,9-13,15H,4,7-8,14H2,1-3H3,(H,32,37). The van der Waals surface area contributed by atoms with Crippen LogP contribution in [0.3, 0.4) is 0 Å². The van der Waals surface area contributed by atoms with Crippen LogP contribution in [0.5, 0.6) is 0 Å². The van der Waals surface area contributed by atoms with Crippen molar-refractivity contribution >= 4 is 23.2 Å². The number of rotatable bonds is 6. The Morgan fingerprint density at radius 2 is 1.89 bits per heavy atom. The van der Waals surface area contributed by atoms with Crippen LogP contribution in [0, 0.1) is 6.92 Å². The van der Waals surface area contributed by atoms with E-state index in [0.29, 0.717) is 22.8 Å². The molecule has 1 N–H and O–H groups in total. The van der Waals surface area contributed by atoms with Gasteiger partial charge >= 0.3 is 6.18 Å². The molecule has 1 aliphatic heterocycles. The number of hydrogen-bond donors (Lipinski definition) is 1. The van der Waals surface area contributed by atoms with Gasteiger partial charge in [-0.25, -0.2) is 0 Å². The van der Waals surface area contributed by atoms with E-state index in [1.807, 2.05) is 31.9 Å². The highest BCUT2D eigenvalue weighted by atomic mass is 35.5. The highest BCUT2D eigenvalue weighted by molar-refractivity contribution is 6.32. The molecule has 1 fully saturated rings. The molecule has 3 heterocycles. The number of anilines is 1. The van der Waals surface area contributed by atoms with Gasteiger partial charge in [0.15, 0.2) is 0 Å². The van der Waals surface area contributed by atoms with Crippen molar-refractivity contribution in [1.29, 1.82) is 0 Å². The summed E-state index contributed by atoms with van der Waals surface area (Å²) in [5.74, 6) is -0.525. The van der Waals surface area contributed by atoms with E-state index >= 15 is 0 Å². The molecule has 0 saturated carbocycles. The SMILES string of the molecule is Cc1c(-c2cn(-c3cc(C(=O)Nc4cc(CN5CCC5)cc(C(F)(F)F)c4)ccc3Cl)n2C)cnn1C. The molecule has 5 rings (SSSR count). The molecule has 0 radical (unpaired) electrons. The molecule has 1 saturated heterocycles. The molecule has 37 heavy (non-hydrogen) atoms. The highest BCUT2D eigenvalue weighted by Crippen LogP contribution is 2.33. The van der Waals surface area contributed by atoms with Crippen molar-refractivity contribution < 1.29 is 18.0 Å². The van der Waals surface area contributed by atoms with Gasteiger partial charge in [0, 0.05) is 43.1 Å². The molecule has 0 atom stereocenters. The number of aryl methyl sites for hydroxylation is 1. The van der Waals surface area contributed by atoms with Crippen molar-refractivity contribution in [2.45, 2.75) is 26.1 Å². The molecule has 194 valence electrons. The van der Waals surface area contributed by atoms with Crippen LogP contribution < -0.4 is 5.32 Å². The number of nitrogens with zero attached hydrogens (tertiary/aromatic N) is 5. The molecule has 11 heteroatoms. The maximum absolute atomic E-state index is 13.5. The van der Waals surface area contributed by atoms with Crippen LogP contribution >= 0.6 is 11.6 Å². The number of carbonyl (C=O) groups is 1. The van der Waals surface area contributed by atoms with Gasteiger partial charge in [0.05, 0.1) is 34.4 Å². The maximum atomic E-state index is 13.5. The lowest BCUT2D eigenvalue weighted by Crippen LogP contribution is -2.36. The summed E-state index contributed by atoms with van der Waals surface area (Å²) in [5, 5.41) is 7.34. The van der Waals surface area contributed by atoms with Crippen LogP contribution in [0.4, 0.5) is 18.9 Å². The summed E-state index contributed by atoms with van der Waals surface area (Å²) in [6.07, 6.45) is 0.191. The molecule has 0 aliphatic carbocycles. The number of benzene rings is 2. The van der Waals surface area contributed by atoms with E-state index in [1.54, 1.807) is 39.8 Å². The number of nitrogens with one attached hydrogen (secondary N) is 1. The summed E-state index contributed by atoms with van der Waals surface area (Å²) in [4.78, 5) is 15.1. The summed E-state index contributed by atoms with van der Waals surface area (Å²) >= 11 is 6.45. The van der Waals surface area contributed by atoms with Crippen LogP contribution in [-0.2, 0) is 26.8 Å². The average molecular weight is 531 g/mol. The van der Waals surface area contributed by atoms with Crippen molar-refractivity contribution in [1.82, 2.24) is 24.0 Å². The largest absolute Gasteiger partial charge is 0.416 e. The van der Waals surface area contributed by atoms with Crippen LogP contribution in [0.1, 0.15) is 33.6 Å². The van der Waals surface area contributed by atoms with Crippen LogP contribution in [0.15, 0.2) is 48.8 Å². The fourth-order valence-corrected chi connectivity index (χ4v) is 4.63. The van der Waals surface area contributed by atoms with Gasteiger partial charge in [0.25, 0.3) is 5.91 Å². The zero-order valence-electron chi connectivity index (χ0n) is 20.6. The molecule has 2 aromatic carbocycles. The summed E-state index contributed by atoms with van der Waals surface area (Å²) in [6.45, 7) is 4.09. The van der Waals surface area contributed by atoms with Crippen LogP contribution in [0.25, 0.3) is 16.9 Å². The van der Waals surface area contributed by atoms with E-state index in [0.717, 1.165) is 48.6 Å². The Labute approximate surface area is 217 Å². The van der Waals surface area contributed by atoms with E-state index in [4.69, 9.17) is 11.6 Å². The number of aromatic nitrogens is 4. The third-order valence-corrected chi connectivity index (χ3v) is 7.14. The summed E-state index contributed by atoms with van der Waals surface area (Å²) < 4.78 is 46.1. The monoisotopic (exact) mass is 530 g/mol. The Bertz CT molecular complexity index is 1480. The third kappa shape index (κ3) is 4.91. The van der Waals surface area contributed by atoms with E-state index in [-0.39, 0.29) is 11.3 Å². The first-order valence-electron chi connectivity index (χ1n) is 11.8. The van der Waals surface area contributed by atoms with Crippen molar-refractivity contribution in [3.8, 4) is 16.9 Å². The predicted molar refractivity (Wildman–Crippen MR) is 136 cm³/mol. The second-order valence-corrected chi connectivity index (χ2v) is 9.72. The van der Waals surface area contributed by atoms with Gasteiger partial charge in [-0.1, -0.05) is 11.6 Å². The fraction of sp³-hybridized carbons (Fsp3) is 0.308. The Morgan fingerprint density at radius 1 is 1.14 bits per heavy atom. The number of carbonyl (C=O) groups excluding carboxylic acids is 1. The zero-order valence-corrected chi connectivity index (χ0v) is 21.4. The van der Waals surface area contributed by atoms with Crippen LogP contribution in [0.2, 0.25) is 5.02 Å². The van der Waals surface area contributed by atoms with E-state index in [9.17, 15) is 18.0 Å². The molecule has 1 amide bonds. The Balaban J connectivity index is 1.41. The Kier molecular flexibility index (Phi) is 6.41. The van der Waals surface area contributed by atoms with E-state index in [1.165, 1.54) is 0 Å². The minimum absolute atomic E-state index is 0.0992. The molecular formula is C26H26ClF3N6O. The highest BCUT2D eigenvalue weighted by Gasteiger charge is 2.32. The lowest BCUT2D eigenvalue weighted by Gasteiger charge is -2.31. The van der Waals surface area contributed by atoms with Crippen molar-refractivity contribution in [2.24, 2.45) is 14.1 Å². The summed E-state index contributed by atoms with van der Waals surface area (Å²) in [6, 6.07) is 8.46. The van der Waals surface area contributed by atoms with Gasteiger partial charge in [-0.15, -0.1) is 0 Å². The average Bonchev–Trinajstić information content (AvgIpc) is 3.13. The topological polar surface area (TPSA) is 60.0 Å². The molecule has 2 aromatic heterocycles. The number of hydrogen-bond acceptors (Lipinski definition) is 3. The normalized spacial score (nSPS) is 14.1. The molecular weight excluding hydrogens is 505 g/mol. The van der Waals surface area contributed by atoms with Gasteiger partial charge in [-0.3, -0.25) is 23.7 Å². The Hall–Kier alpha value is -3.50. The van der Waals surface area contributed by atoms with Gasteiger partial charge in [-0.2, -0.15) is 18.3 Å². The third-order valence-electron chi connectivity index (χ3n) is 6.82. The molecule has 7 nitrogen and oxygen atoms in total. The number of likely N-dealkylation sites (tertiary alicyclic amines) is 1. The molecule has 1 aliphatic rings. The molecule has 0 spiro atoms. The fourth-order valence-electron chi connectivity index (χ4n) is 4.42. The number of alkyl halides is 3. The van der Waals surface area contributed by atoms with E-state index < -0.39 is 17.6 Å². The smallest absolute Gasteiger partial charge is 0.322 e. The lowest BCUT2D eigenvalue weighted by molar-refractivity contribution is -0.137.